The Bertz CT molecular complexity index is 787. The molecular weight excluding hydrogens is 354 g/mol. The highest BCUT2D eigenvalue weighted by Crippen LogP contribution is 2.21. The number of rotatable bonds is 3. The minimum atomic E-state index is -0.403. The lowest BCUT2D eigenvalue weighted by Gasteiger charge is -2.36. The Labute approximate surface area is 157 Å². The average molecular weight is 374 g/mol. The molecule has 0 aromatic heterocycles. The van der Waals surface area contributed by atoms with Gasteiger partial charge in [-0.05, 0) is 42.5 Å². The van der Waals surface area contributed by atoms with Gasteiger partial charge in [0.15, 0.2) is 0 Å². The van der Waals surface area contributed by atoms with Crippen LogP contribution < -0.4 is 10.2 Å². The van der Waals surface area contributed by atoms with Crippen LogP contribution in [0.4, 0.5) is 16.2 Å². The molecule has 0 aliphatic carbocycles. The summed E-state index contributed by atoms with van der Waals surface area (Å²) in [4.78, 5) is 27.8. The maximum Gasteiger partial charge on any atom is 0.337 e. The Morgan fingerprint density at radius 1 is 1.04 bits per heavy atom. The SMILES string of the molecule is COC(=O)c1ccc(NC(=O)N2CCN(c3cccc(Cl)c3)CC2)cc1. The first-order valence-corrected chi connectivity index (χ1v) is 8.69. The third-order valence-corrected chi connectivity index (χ3v) is 4.53. The van der Waals surface area contributed by atoms with E-state index in [9.17, 15) is 9.59 Å². The number of nitrogens with one attached hydrogen (secondary N) is 1. The van der Waals surface area contributed by atoms with E-state index in [1.165, 1.54) is 7.11 Å². The Balaban J connectivity index is 1.54. The molecule has 26 heavy (non-hydrogen) atoms. The predicted octanol–water partition coefficient (Wildman–Crippen LogP) is 3.48. The fourth-order valence-electron chi connectivity index (χ4n) is 2.85. The smallest absolute Gasteiger partial charge is 0.337 e. The summed E-state index contributed by atoms with van der Waals surface area (Å²) in [6.07, 6.45) is 0. The van der Waals surface area contributed by atoms with E-state index in [2.05, 4.69) is 15.0 Å². The number of esters is 1. The van der Waals surface area contributed by atoms with Crippen LogP contribution in [0.15, 0.2) is 48.5 Å². The van der Waals surface area contributed by atoms with Gasteiger partial charge in [-0.2, -0.15) is 0 Å². The fourth-order valence-corrected chi connectivity index (χ4v) is 3.04. The highest BCUT2D eigenvalue weighted by Gasteiger charge is 2.21. The van der Waals surface area contributed by atoms with E-state index >= 15 is 0 Å². The molecule has 2 aromatic carbocycles. The molecule has 0 atom stereocenters. The number of methoxy groups -OCH3 is 1. The van der Waals surface area contributed by atoms with Crippen molar-refractivity contribution in [3.63, 3.8) is 0 Å². The van der Waals surface area contributed by atoms with Crippen LogP contribution in [0.3, 0.4) is 0 Å². The Hall–Kier alpha value is -2.73. The number of ether oxygens (including phenoxy) is 1. The van der Waals surface area contributed by atoms with Crippen LogP contribution in [0.5, 0.6) is 0 Å². The molecule has 0 radical (unpaired) electrons. The van der Waals surface area contributed by atoms with Crippen molar-refractivity contribution in [2.75, 3.05) is 43.5 Å². The monoisotopic (exact) mass is 373 g/mol. The highest BCUT2D eigenvalue weighted by atomic mass is 35.5. The molecule has 0 spiro atoms. The Kier molecular flexibility index (Phi) is 5.63. The second kappa shape index (κ2) is 8.10. The molecule has 6 nitrogen and oxygen atoms in total. The summed E-state index contributed by atoms with van der Waals surface area (Å²) in [6.45, 7) is 2.74. The number of benzene rings is 2. The molecule has 1 saturated heterocycles. The zero-order chi connectivity index (χ0) is 18.5. The van der Waals surface area contributed by atoms with Crippen LogP contribution in [0.1, 0.15) is 10.4 Å². The van der Waals surface area contributed by atoms with E-state index in [1.807, 2.05) is 24.3 Å². The maximum absolute atomic E-state index is 12.4. The second-order valence-corrected chi connectivity index (χ2v) is 6.39. The van der Waals surface area contributed by atoms with Crippen LogP contribution in [0, 0.1) is 0 Å². The molecule has 1 aliphatic rings. The minimum Gasteiger partial charge on any atom is -0.465 e. The standard InChI is InChI=1S/C19H20ClN3O3/c1-26-18(24)14-5-7-16(8-6-14)21-19(25)23-11-9-22(10-12-23)17-4-2-3-15(20)13-17/h2-8,13H,9-12H2,1H3,(H,21,25). The number of amides is 2. The van der Waals surface area contributed by atoms with Crippen molar-refractivity contribution in [3.05, 3.63) is 59.1 Å². The Morgan fingerprint density at radius 2 is 1.73 bits per heavy atom. The molecule has 0 saturated carbocycles. The molecule has 1 heterocycles. The maximum atomic E-state index is 12.4. The zero-order valence-corrected chi connectivity index (χ0v) is 15.2. The van der Waals surface area contributed by atoms with Gasteiger partial charge in [0.2, 0.25) is 0 Å². The third-order valence-electron chi connectivity index (χ3n) is 4.30. The molecule has 0 unspecified atom stereocenters. The van der Waals surface area contributed by atoms with Gasteiger partial charge in [0.25, 0.3) is 0 Å². The van der Waals surface area contributed by atoms with E-state index in [1.54, 1.807) is 29.2 Å². The predicted molar refractivity (Wildman–Crippen MR) is 102 cm³/mol. The van der Waals surface area contributed by atoms with E-state index in [4.69, 9.17) is 11.6 Å². The summed E-state index contributed by atoms with van der Waals surface area (Å²) < 4.78 is 4.66. The van der Waals surface area contributed by atoms with Gasteiger partial charge in [0.1, 0.15) is 0 Å². The lowest BCUT2D eigenvalue weighted by atomic mass is 10.2. The van der Waals surface area contributed by atoms with Crippen molar-refractivity contribution >= 4 is 35.0 Å². The minimum absolute atomic E-state index is 0.151. The molecule has 2 aromatic rings. The largest absolute Gasteiger partial charge is 0.465 e. The van der Waals surface area contributed by atoms with Gasteiger partial charge < -0.3 is 19.9 Å². The molecule has 136 valence electrons. The number of hydrogen-bond acceptors (Lipinski definition) is 4. The number of piperazine rings is 1. The van der Waals surface area contributed by atoms with Crippen molar-refractivity contribution in [1.29, 1.82) is 0 Å². The van der Waals surface area contributed by atoms with Crippen molar-refractivity contribution in [2.45, 2.75) is 0 Å². The first kappa shape index (κ1) is 18.1. The lowest BCUT2D eigenvalue weighted by Crippen LogP contribution is -2.50. The Morgan fingerprint density at radius 3 is 2.35 bits per heavy atom. The van der Waals surface area contributed by atoms with Crippen molar-refractivity contribution in [2.24, 2.45) is 0 Å². The summed E-state index contributed by atoms with van der Waals surface area (Å²) in [6, 6.07) is 14.2. The van der Waals surface area contributed by atoms with Crippen LogP contribution >= 0.6 is 11.6 Å². The van der Waals surface area contributed by atoms with Gasteiger partial charge >= 0.3 is 12.0 Å². The number of hydrogen-bond donors (Lipinski definition) is 1. The summed E-state index contributed by atoms with van der Waals surface area (Å²) in [5, 5.41) is 3.56. The number of carbonyl (C=O) groups excluding carboxylic acids is 2. The van der Waals surface area contributed by atoms with Crippen molar-refractivity contribution in [3.8, 4) is 0 Å². The van der Waals surface area contributed by atoms with Crippen LogP contribution in [-0.2, 0) is 4.74 Å². The number of carbonyl (C=O) groups is 2. The van der Waals surface area contributed by atoms with Gasteiger partial charge in [0, 0.05) is 42.6 Å². The summed E-state index contributed by atoms with van der Waals surface area (Å²) in [7, 11) is 1.33. The van der Waals surface area contributed by atoms with Gasteiger partial charge in [-0.3, -0.25) is 0 Å². The lowest BCUT2D eigenvalue weighted by molar-refractivity contribution is 0.0601. The zero-order valence-electron chi connectivity index (χ0n) is 14.4. The molecule has 1 fully saturated rings. The molecule has 0 bridgehead atoms. The first-order valence-electron chi connectivity index (χ1n) is 8.31. The third kappa shape index (κ3) is 4.26. The summed E-state index contributed by atoms with van der Waals surface area (Å²) in [5.41, 5.74) is 2.15. The van der Waals surface area contributed by atoms with Gasteiger partial charge in [-0.25, -0.2) is 9.59 Å². The van der Waals surface area contributed by atoms with Crippen LogP contribution in [0.2, 0.25) is 5.02 Å². The molecule has 2 amide bonds. The van der Waals surface area contributed by atoms with Crippen LogP contribution in [-0.4, -0.2) is 50.2 Å². The van der Waals surface area contributed by atoms with E-state index < -0.39 is 5.97 Å². The molecule has 3 rings (SSSR count). The van der Waals surface area contributed by atoms with Gasteiger partial charge in [0.05, 0.1) is 12.7 Å². The number of nitrogens with zero attached hydrogens (tertiary/aromatic N) is 2. The first-order chi connectivity index (χ1) is 12.6. The average Bonchev–Trinajstić information content (AvgIpc) is 2.68. The topological polar surface area (TPSA) is 61.9 Å². The number of halogens is 1. The van der Waals surface area contributed by atoms with Gasteiger partial charge in [-0.1, -0.05) is 17.7 Å². The second-order valence-electron chi connectivity index (χ2n) is 5.95. The van der Waals surface area contributed by atoms with E-state index in [0.29, 0.717) is 29.4 Å². The fraction of sp³-hybridized carbons (Fsp3) is 0.263. The molecular formula is C19H20ClN3O3. The van der Waals surface area contributed by atoms with E-state index in [-0.39, 0.29) is 6.03 Å². The molecule has 7 heteroatoms. The molecule has 1 N–H and O–H groups in total. The van der Waals surface area contributed by atoms with Crippen molar-refractivity contribution in [1.82, 2.24) is 4.90 Å². The van der Waals surface area contributed by atoms with Gasteiger partial charge in [-0.15, -0.1) is 0 Å². The van der Waals surface area contributed by atoms with Crippen LogP contribution in [0.25, 0.3) is 0 Å². The number of urea groups is 1. The van der Waals surface area contributed by atoms with E-state index in [0.717, 1.165) is 18.8 Å². The van der Waals surface area contributed by atoms with Crippen molar-refractivity contribution < 1.29 is 14.3 Å². The number of anilines is 2. The summed E-state index contributed by atoms with van der Waals surface area (Å²) >= 11 is 6.04. The normalized spacial score (nSPS) is 14.1. The quantitative estimate of drug-likeness (QED) is 0.837. The highest BCUT2D eigenvalue weighted by molar-refractivity contribution is 6.30. The summed E-state index contributed by atoms with van der Waals surface area (Å²) in [5.74, 6) is -0.403. The molecule has 1 aliphatic heterocycles.